The molecule has 1 amide bonds. The molecule has 0 unspecified atom stereocenters. The van der Waals surface area contributed by atoms with Crippen molar-refractivity contribution in [2.45, 2.75) is 24.7 Å². The number of nitrogens with zero attached hydrogens (tertiary/aromatic N) is 2. The third-order valence-corrected chi connectivity index (χ3v) is 4.13. The first kappa shape index (κ1) is 17.1. The van der Waals surface area contributed by atoms with E-state index in [0.29, 0.717) is 11.3 Å². The second-order valence-electron chi connectivity index (χ2n) is 5.59. The second kappa shape index (κ2) is 6.28. The van der Waals surface area contributed by atoms with Gasteiger partial charge in [0.05, 0.1) is 19.3 Å². The van der Waals surface area contributed by atoms with Crippen molar-refractivity contribution in [1.82, 2.24) is 15.2 Å². The lowest BCUT2D eigenvalue weighted by Crippen LogP contribution is -2.37. The van der Waals surface area contributed by atoms with Crippen LogP contribution in [-0.4, -0.2) is 29.0 Å². The Morgan fingerprint density at radius 1 is 1.40 bits per heavy atom. The molecule has 0 saturated carbocycles. The van der Waals surface area contributed by atoms with E-state index < -0.39 is 24.2 Å². The Balaban J connectivity index is 2.01. The summed E-state index contributed by atoms with van der Waals surface area (Å²) in [6.45, 7) is 0. The summed E-state index contributed by atoms with van der Waals surface area (Å²) in [5.41, 5.74) is 2.50. The van der Waals surface area contributed by atoms with Gasteiger partial charge in [0.25, 0.3) is 5.91 Å². The van der Waals surface area contributed by atoms with Gasteiger partial charge in [-0.15, -0.1) is 0 Å². The summed E-state index contributed by atoms with van der Waals surface area (Å²) >= 11 is 0. The van der Waals surface area contributed by atoms with E-state index in [2.05, 4.69) is 10.4 Å². The molecule has 4 N–H and O–H groups in total. The number of anilines is 1. The number of fused-ring (bicyclic) bond motifs is 1. The number of alkyl halides is 3. The number of nitrogen functional groups attached to an aromatic ring is 1. The monoisotopic (exact) mass is 355 g/mol. The zero-order valence-corrected chi connectivity index (χ0v) is 13.2. The fraction of sp³-hybridized carbons (Fsp3) is 0.333. The zero-order valence-electron chi connectivity index (χ0n) is 13.2. The standard InChI is InChI=1S/C15H16F3N5O2/c1-25-9-4-2-8(3-5-9)11-6-12(15(16,17)18)23-13(21-11)10(7-20-23)14(24)22-19/h2-5,7,11-12,21H,6,19H2,1H3,(H,22,24)/t11-,12-/m0/s1. The van der Waals surface area contributed by atoms with E-state index in [1.165, 1.54) is 7.11 Å². The highest BCUT2D eigenvalue weighted by Gasteiger charge is 2.47. The number of halogens is 3. The first-order valence-electron chi connectivity index (χ1n) is 7.40. The number of aromatic nitrogens is 2. The van der Waals surface area contributed by atoms with Crippen LogP contribution < -0.4 is 21.3 Å². The number of hydrazine groups is 1. The van der Waals surface area contributed by atoms with Crippen molar-refractivity contribution in [2.24, 2.45) is 5.84 Å². The van der Waals surface area contributed by atoms with Crippen LogP contribution in [0.5, 0.6) is 5.75 Å². The average Bonchev–Trinajstić information content (AvgIpc) is 3.03. The molecule has 2 aromatic rings. The van der Waals surface area contributed by atoms with E-state index in [1.54, 1.807) is 24.3 Å². The fourth-order valence-corrected chi connectivity index (χ4v) is 2.86. The van der Waals surface area contributed by atoms with Gasteiger partial charge >= 0.3 is 6.18 Å². The summed E-state index contributed by atoms with van der Waals surface area (Å²) in [5, 5.41) is 6.69. The third-order valence-electron chi connectivity index (χ3n) is 4.13. The molecule has 0 radical (unpaired) electrons. The van der Waals surface area contributed by atoms with Crippen LogP contribution in [0.25, 0.3) is 0 Å². The molecule has 0 aliphatic carbocycles. The summed E-state index contributed by atoms with van der Waals surface area (Å²) in [4.78, 5) is 11.8. The molecule has 7 nitrogen and oxygen atoms in total. The molecule has 1 aromatic carbocycles. The molecule has 0 fully saturated rings. The summed E-state index contributed by atoms with van der Waals surface area (Å²) in [7, 11) is 1.50. The molecule has 1 aliphatic rings. The highest BCUT2D eigenvalue weighted by Crippen LogP contribution is 2.44. The summed E-state index contributed by atoms with van der Waals surface area (Å²) < 4.78 is 46.3. The zero-order chi connectivity index (χ0) is 18.2. The maximum atomic E-state index is 13.5. The maximum absolute atomic E-state index is 13.5. The van der Waals surface area contributed by atoms with Gasteiger partial charge in [0.15, 0.2) is 6.04 Å². The molecule has 0 saturated heterocycles. The Kier molecular flexibility index (Phi) is 4.29. The Morgan fingerprint density at radius 2 is 2.08 bits per heavy atom. The number of nitrogens with two attached hydrogens (primary N) is 1. The van der Waals surface area contributed by atoms with Gasteiger partial charge in [0.1, 0.15) is 17.1 Å². The van der Waals surface area contributed by atoms with Crippen LogP contribution in [0.3, 0.4) is 0 Å². The summed E-state index contributed by atoms with van der Waals surface area (Å²) in [6, 6.07) is 4.19. The van der Waals surface area contributed by atoms with E-state index in [0.717, 1.165) is 10.9 Å². The Bertz CT molecular complexity index is 772. The average molecular weight is 355 g/mol. The van der Waals surface area contributed by atoms with E-state index in [9.17, 15) is 18.0 Å². The van der Waals surface area contributed by atoms with Crippen LogP contribution in [0.4, 0.5) is 19.0 Å². The van der Waals surface area contributed by atoms with Gasteiger partial charge in [-0.3, -0.25) is 10.2 Å². The predicted octanol–water partition coefficient (Wildman–Crippen LogP) is 2.16. The number of nitrogens with one attached hydrogen (secondary N) is 2. The van der Waals surface area contributed by atoms with Gasteiger partial charge in [-0.1, -0.05) is 12.1 Å². The van der Waals surface area contributed by atoms with Crippen molar-refractivity contribution in [3.05, 3.63) is 41.6 Å². The first-order chi connectivity index (χ1) is 11.8. The van der Waals surface area contributed by atoms with E-state index in [4.69, 9.17) is 10.6 Å². The topological polar surface area (TPSA) is 94.2 Å². The molecule has 3 rings (SSSR count). The van der Waals surface area contributed by atoms with E-state index in [1.807, 2.05) is 5.43 Å². The third kappa shape index (κ3) is 3.12. The lowest BCUT2D eigenvalue weighted by atomic mass is 9.96. The maximum Gasteiger partial charge on any atom is 0.410 e. The quantitative estimate of drug-likeness (QED) is 0.446. The molecule has 1 aromatic heterocycles. The molecule has 134 valence electrons. The Morgan fingerprint density at radius 3 is 2.64 bits per heavy atom. The minimum absolute atomic E-state index is 0.0163. The number of amides is 1. The minimum atomic E-state index is -4.51. The molecule has 10 heteroatoms. The first-order valence-corrected chi connectivity index (χ1v) is 7.40. The van der Waals surface area contributed by atoms with Crippen molar-refractivity contribution < 1.29 is 22.7 Å². The highest BCUT2D eigenvalue weighted by molar-refractivity contribution is 5.98. The molecule has 1 aliphatic heterocycles. The molecule has 0 bridgehead atoms. The highest BCUT2D eigenvalue weighted by atomic mass is 19.4. The van der Waals surface area contributed by atoms with Crippen molar-refractivity contribution >= 4 is 11.7 Å². The lowest BCUT2D eigenvalue weighted by Gasteiger charge is -2.34. The van der Waals surface area contributed by atoms with Crippen LogP contribution in [-0.2, 0) is 0 Å². The smallest absolute Gasteiger partial charge is 0.410 e. The minimum Gasteiger partial charge on any atom is -0.497 e. The molecule has 25 heavy (non-hydrogen) atoms. The molecule has 2 atom stereocenters. The van der Waals surface area contributed by atoms with Gasteiger partial charge in [0, 0.05) is 6.42 Å². The van der Waals surface area contributed by atoms with E-state index >= 15 is 0 Å². The number of carbonyl (C=O) groups excluding carboxylic acids is 1. The number of hydrogen-bond acceptors (Lipinski definition) is 5. The molecular formula is C15H16F3N5O2. The Hall–Kier alpha value is -2.75. The largest absolute Gasteiger partial charge is 0.497 e. The fourth-order valence-electron chi connectivity index (χ4n) is 2.86. The van der Waals surface area contributed by atoms with Gasteiger partial charge in [-0.2, -0.15) is 18.3 Å². The molecule has 2 heterocycles. The van der Waals surface area contributed by atoms with Gasteiger partial charge in [0.2, 0.25) is 0 Å². The van der Waals surface area contributed by atoms with Crippen molar-refractivity contribution in [2.75, 3.05) is 12.4 Å². The van der Waals surface area contributed by atoms with Crippen LogP contribution in [0.15, 0.2) is 30.5 Å². The number of hydrogen-bond donors (Lipinski definition) is 3. The number of ether oxygens (including phenoxy) is 1. The van der Waals surface area contributed by atoms with Crippen molar-refractivity contribution in [1.29, 1.82) is 0 Å². The SMILES string of the molecule is COc1ccc([C@@H]2C[C@@H](C(F)(F)F)n3ncc(C(=O)NN)c3N2)cc1. The van der Waals surface area contributed by atoms with Crippen molar-refractivity contribution in [3.8, 4) is 5.75 Å². The predicted molar refractivity (Wildman–Crippen MR) is 82.9 cm³/mol. The van der Waals surface area contributed by atoms with Crippen molar-refractivity contribution in [3.63, 3.8) is 0 Å². The van der Waals surface area contributed by atoms with Crippen LogP contribution in [0.2, 0.25) is 0 Å². The Labute approximate surface area is 140 Å². The normalized spacial score (nSPS) is 19.7. The van der Waals surface area contributed by atoms with Gasteiger partial charge < -0.3 is 10.1 Å². The molecule has 0 spiro atoms. The number of benzene rings is 1. The second-order valence-corrected chi connectivity index (χ2v) is 5.59. The summed E-state index contributed by atoms with van der Waals surface area (Å²) in [5.74, 6) is 4.96. The number of methoxy groups -OCH3 is 1. The van der Waals surface area contributed by atoms with Crippen LogP contribution in [0, 0.1) is 0 Å². The lowest BCUT2D eigenvalue weighted by molar-refractivity contribution is -0.173. The van der Waals surface area contributed by atoms with Crippen LogP contribution in [0.1, 0.15) is 34.4 Å². The van der Waals surface area contributed by atoms with E-state index in [-0.39, 0.29) is 17.8 Å². The van der Waals surface area contributed by atoms with Gasteiger partial charge in [-0.05, 0) is 17.7 Å². The molecular weight excluding hydrogens is 339 g/mol. The van der Waals surface area contributed by atoms with Crippen LogP contribution >= 0.6 is 0 Å². The summed E-state index contributed by atoms with van der Waals surface area (Å²) in [6.07, 6.45) is -3.70. The number of rotatable bonds is 3. The number of carbonyl (C=O) groups is 1. The van der Waals surface area contributed by atoms with Gasteiger partial charge in [-0.25, -0.2) is 10.5 Å².